The Bertz CT molecular complexity index is 1290. The highest BCUT2D eigenvalue weighted by Crippen LogP contribution is 2.34. The molecule has 0 amide bonds. The van der Waals surface area contributed by atoms with Gasteiger partial charge in [0, 0.05) is 5.02 Å². The molecule has 0 aromatic heterocycles. The molecule has 1 heterocycles. The first-order chi connectivity index (χ1) is 20.9. The molecule has 0 bridgehead atoms. The maximum absolute atomic E-state index is 13.4. The first kappa shape index (κ1) is 39.0. The normalized spacial score (nSPS) is 23.0. The molecule has 46 heavy (non-hydrogen) atoms. The zero-order valence-electron chi connectivity index (χ0n) is 29.0. The zero-order valence-corrected chi connectivity index (χ0v) is 29.7. The summed E-state index contributed by atoms with van der Waals surface area (Å²) in [7, 11) is 0. The predicted octanol–water partition coefficient (Wildman–Crippen LogP) is 5.68. The van der Waals surface area contributed by atoms with Crippen LogP contribution in [0.1, 0.15) is 94.7 Å². The number of carbonyl (C=O) groups is 4. The van der Waals surface area contributed by atoms with Crippen LogP contribution < -0.4 is 5.32 Å². The molecule has 0 radical (unpaired) electrons. The van der Waals surface area contributed by atoms with Crippen LogP contribution in [0.3, 0.4) is 0 Å². The molecule has 0 saturated carbocycles. The second-order valence-electron chi connectivity index (χ2n) is 15.6. The monoisotopic (exact) mass is 664 g/mol. The minimum atomic E-state index is -1.43. The Balaban J connectivity index is 2.75. The van der Waals surface area contributed by atoms with E-state index in [1.807, 2.05) is 0 Å². The van der Waals surface area contributed by atoms with Crippen LogP contribution in [0.15, 0.2) is 24.3 Å². The molecule has 1 aliphatic heterocycles. The summed E-state index contributed by atoms with van der Waals surface area (Å²) in [5.74, 6) is -2.55. The summed E-state index contributed by atoms with van der Waals surface area (Å²) >= 11 is 6.06. The number of carbonyl (C=O) groups excluding carboxylic acids is 4. The van der Waals surface area contributed by atoms with Gasteiger partial charge >= 0.3 is 23.9 Å². The predicted molar refractivity (Wildman–Crippen MR) is 170 cm³/mol. The molecule has 12 heteroatoms. The number of ether oxygens (including phenoxy) is 5. The lowest BCUT2D eigenvalue weighted by molar-refractivity contribution is -0.265. The average molecular weight is 665 g/mol. The maximum atomic E-state index is 13.4. The van der Waals surface area contributed by atoms with Gasteiger partial charge in [0.15, 0.2) is 24.5 Å². The summed E-state index contributed by atoms with van der Waals surface area (Å²) in [4.78, 5) is 52.9. The summed E-state index contributed by atoms with van der Waals surface area (Å²) in [5.41, 5.74) is -3.34. The molecule has 11 nitrogen and oxygen atoms in total. The first-order valence-electron chi connectivity index (χ1n) is 15.2. The van der Waals surface area contributed by atoms with Gasteiger partial charge in [-0.25, -0.2) is 0 Å². The SMILES string of the molecule is CC(C)(C)C(=O)OC[C@H]1O[C@@H](N[C@H](C#N)c2ccc(Cl)cc2)[C@H](OC(=O)C(C)(C)C)[C@@H](OC(=O)C(C)(C)C)[C@H]1OC(=O)C(C)(C)C. The maximum Gasteiger partial charge on any atom is 0.311 e. The number of nitriles is 1. The van der Waals surface area contributed by atoms with Crippen molar-refractivity contribution in [2.24, 2.45) is 21.7 Å². The number of nitrogens with one attached hydrogen (secondary N) is 1. The molecule has 1 aliphatic rings. The van der Waals surface area contributed by atoms with Crippen molar-refractivity contribution >= 4 is 35.5 Å². The van der Waals surface area contributed by atoms with Gasteiger partial charge < -0.3 is 23.7 Å². The van der Waals surface area contributed by atoms with Gasteiger partial charge in [-0.1, -0.05) is 23.7 Å². The van der Waals surface area contributed by atoms with Crippen LogP contribution in [0, 0.1) is 33.0 Å². The van der Waals surface area contributed by atoms with Crippen LogP contribution in [0.5, 0.6) is 0 Å². The van der Waals surface area contributed by atoms with E-state index in [2.05, 4.69) is 11.4 Å². The van der Waals surface area contributed by atoms with Crippen molar-refractivity contribution in [3.05, 3.63) is 34.9 Å². The fourth-order valence-electron chi connectivity index (χ4n) is 3.89. The van der Waals surface area contributed by atoms with Crippen LogP contribution in [0.4, 0.5) is 0 Å². The summed E-state index contributed by atoms with van der Waals surface area (Å²) in [6.07, 6.45) is -6.72. The van der Waals surface area contributed by atoms with Gasteiger partial charge in [-0.15, -0.1) is 0 Å². The number of halogens is 1. The average Bonchev–Trinajstić information content (AvgIpc) is 2.91. The van der Waals surface area contributed by atoms with Gasteiger partial charge in [0.05, 0.1) is 27.7 Å². The molecule has 1 aromatic carbocycles. The summed E-state index contributed by atoms with van der Waals surface area (Å²) in [6.45, 7) is 19.5. The summed E-state index contributed by atoms with van der Waals surface area (Å²) in [6, 6.07) is 7.69. The van der Waals surface area contributed by atoms with E-state index in [0.29, 0.717) is 10.6 Å². The second-order valence-corrected chi connectivity index (χ2v) is 16.0. The Hall–Kier alpha value is -3.20. The topological polar surface area (TPSA) is 150 Å². The van der Waals surface area contributed by atoms with Gasteiger partial charge in [0.1, 0.15) is 18.8 Å². The molecule has 0 aliphatic carbocycles. The molecular weight excluding hydrogens is 616 g/mol. The van der Waals surface area contributed by atoms with Gasteiger partial charge in [-0.05, 0) is 101 Å². The second kappa shape index (κ2) is 14.7. The Morgan fingerprint density at radius 2 is 1.15 bits per heavy atom. The van der Waals surface area contributed by atoms with Crippen molar-refractivity contribution in [3.8, 4) is 6.07 Å². The van der Waals surface area contributed by atoms with Crippen molar-refractivity contribution in [1.82, 2.24) is 5.32 Å². The van der Waals surface area contributed by atoms with E-state index >= 15 is 0 Å². The quantitative estimate of drug-likeness (QED) is 0.270. The third kappa shape index (κ3) is 10.7. The molecule has 0 spiro atoms. The van der Waals surface area contributed by atoms with Gasteiger partial charge in [-0.3, -0.25) is 24.5 Å². The number of hydrogen-bond acceptors (Lipinski definition) is 11. The van der Waals surface area contributed by atoms with E-state index in [1.165, 1.54) is 0 Å². The largest absolute Gasteiger partial charge is 0.462 e. The standard InChI is InChI=1S/C34H49ClN2O9/c1-31(2,3)27(38)42-18-22-23(44-28(39)32(4,5)6)24(45-29(40)33(7,8)9)25(46-30(41)34(10,11)12)26(43-22)37-21(17-36)19-13-15-20(35)16-14-19/h13-16,21-26,37H,18H2,1-12H3/t21-,22-,23+,24+,25-,26-/m1/s1. The number of hydrogen-bond donors (Lipinski definition) is 1. The molecule has 1 saturated heterocycles. The van der Waals surface area contributed by atoms with Crippen LogP contribution in [0.2, 0.25) is 5.02 Å². The molecule has 6 atom stereocenters. The Kier molecular flexibility index (Phi) is 12.5. The molecule has 1 fully saturated rings. The lowest BCUT2D eigenvalue weighted by Crippen LogP contribution is -2.66. The van der Waals surface area contributed by atoms with Crippen molar-refractivity contribution in [3.63, 3.8) is 0 Å². The Morgan fingerprint density at radius 3 is 1.57 bits per heavy atom. The lowest BCUT2D eigenvalue weighted by atomic mass is 9.92. The van der Waals surface area contributed by atoms with Gasteiger partial charge in [-0.2, -0.15) is 5.26 Å². The number of benzene rings is 1. The van der Waals surface area contributed by atoms with Crippen molar-refractivity contribution < 1.29 is 42.9 Å². The molecule has 256 valence electrons. The third-order valence-corrected chi connectivity index (χ3v) is 7.11. The molecule has 0 unspecified atom stereocenters. The molecule has 2 rings (SSSR count). The highest BCUT2D eigenvalue weighted by atomic mass is 35.5. The highest BCUT2D eigenvalue weighted by Gasteiger charge is 2.55. The lowest BCUT2D eigenvalue weighted by Gasteiger charge is -2.46. The molecular formula is C34H49ClN2O9. The molecule has 1 N–H and O–H groups in total. The fourth-order valence-corrected chi connectivity index (χ4v) is 4.02. The summed E-state index contributed by atoms with van der Waals surface area (Å²) in [5, 5.41) is 13.7. The highest BCUT2D eigenvalue weighted by molar-refractivity contribution is 6.30. The Labute approximate surface area is 277 Å². The van der Waals surface area contributed by atoms with E-state index in [0.717, 1.165) is 0 Å². The molecule has 1 aromatic rings. The third-order valence-electron chi connectivity index (χ3n) is 6.85. The van der Waals surface area contributed by atoms with Crippen LogP contribution in [0.25, 0.3) is 0 Å². The number of esters is 4. The van der Waals surface area contributed by atoms with E-state index in [1.54, 1.807) is 107 Å². The first-order valence-corrected chi connectivity index (χ1v) is 15.6. The van der Waals surface area contributed by atoms with E-state index in [9.17, 15) is 24.4 Å². The summed E-state index contributed by atoms with van der Waals surface area (Å²) < 4.78 is 29.9. The zero-order chi connectivity index (χ0) is 35.4. The van der Waals surface area contributed by atoms with Crippen LogP contribution in [-0.4, -0.2) is 61.1 Å². The minimum Gasteiger partial charge on any atom is -0.462 e. The smallest absolute Gasteiger partial charge is 0.311 e. The Morgan fingerprint density at radius 1 is 0.739 bits per heavy atom. The minimum absolute atomic E-state index is 0.405. The van der Waals surface area contributed by atoms with Crippen molar-refractivity contribution in [1.29, 1.82) is 5.26 Å². The van der Waals surface area contributed by atoms with E-state index in [-0.39, 0.29) is 0 Å². The van der Waals surface area contributed by atoms with Crippen molar-refractivity contribution in [2.45, 2.75) is 120 Å². The number of nitrogens with zero attached hydrogens (tertiary/aromatic N) is 1. The van der Waals surface area contributed by atoms with Crippen LogP contribution in [-0.2, 0) is 42.9 Å². The van der Waals surface area contributed by atoms with E-state index < -0.39 is 88.8 Å². The fraction of sp³-hybridized carbons (Fsp3) is 0.676. The number of rotatable bonds is 8. The van der Waals surface area contributed by atoms with Crippen LogP contribution >= 0.6 is 11.6 Å². The van der Waals surface area contributed by atoms with Gasteiger partial charge in [0.2, 0.25) is 0 Å². The van der Waals surface area contributed by atoms with E-state index in [4.69, 9.17) is 35.3 Å². The van der Waals surface area contributed by atoms with Crippen molar-refractivity contribution in [2.75, 3.05) is 6.61 Å². The van der Waals surface area contributed by atoms with Gasteiger partial charge in [0.25, 0.3) is 0 Å².